The Hall–Kier alpha value is 0.320. The highest BCUT2D eigenvalue weighted by atomic mass is 80.0. The second kappa shape index (κ2) is 22.6. The summed E-state index contributed by atoms with van der Waals surface area (Å²) in [6.45, 7) is 7.36. The molecule has 0 aliphatic heterocycles. The second-order valence-electron chi connectivity index (χ2n) is 8.52. The maximum Gasteiger partial charge on any atom is 0.216 e. The molecule has 0 unspecified atom stereocenters. The standard InChI is InChI=1S/C22H48N.BrO3/c1-5-7-9-11-13-15-17-19-21-23(3,4)22-20-18-16-14-12-10-8-6-2;2-1(3)4/h5-22H2,1-4H3;/q+1;-1. The number of halogens is 1. The third-order valence-electron chi connectivity index (χ3n) is 5.23. The van der Waals surface area contributed by atoms with E-state index in [9.17, 15) is 0 Å². The Kier molecular flexibility index (Phi) is 24.7. The van der Waals surface area contributed by atoms with Crippen molar-refractivity contribution in [2.45, 2.75) is 117 Å². The highest BCUT2D eigenvalue weighted by Crippen LogP contribution is 2.13. The summed E-state index contributed by atoms with van der Waals surface area (Å²) in [6.07, 6.45) is 23.0. The minimum atomic E-state index is -3.65. The van der Waals surface area contributed by atoms with E-state index >= 15 is 0 Å². The Morgan fingerprint density at radius 1 is 0.481 bits per heavy atom. The van der Waals surface area contributed by atoms with Crippen LogP contribution >= 0.6 is 0 Å². The average Bonchev–Trinajstić information content (AvgIpc) is 2.59. The maximum atomic E-state index is 8.52. The van der Waals surface area contributed by atoms with Gasteiger partial charge in [0.1, 0.15) is 0 Å². The van der Waals surface area contributed by atoms with E-state index in [1.165, 1.54) is 120 Å². The van der Waals surface area contributed by atoms with Gasteiger partial charge in [-0.25, -0.2) is 0 Å². The van der Waals surface area contributed by atoms with Crippen LogP contribution in [0.3, 0.4) is 0 Å². The SMILES string of the molecule is CCCCCCCCCC[N+](C)(C)CCCCCCCCCC.[O-][Br+2]([O-])[O-]. The highest BCUT2D eigenvalue weighted by molar-refractivity contribution is 4.48. The highest BCUT2D eigenvalue weighted by Gasteiger charge is 2.13. The van der Waals surface area contributed by atoms with Gasteiger partial charge in [-0.15, -0.1) is 0 Å². The summed E-state index contributed by atoms with van der Waals surface area (Å²) < 4.78 is 26.8. The number of unbranched alkanes of at least 4 members (excludes halogenated alkanes) is 14. The van der Waals surface area contributed by atoms with Crippen molar-refractivity contribution in [3.05, 3.63) is 0 Å². The van der Waals surface area contributed by atoms with Gasteiger partial charge in [-0.2, -0.15) is 0 Å². The molecule has 0 saturated heterocycles. The average molecular weight is 455 g/mol. The molecule has 4 nitrogen and oxygen atoms in total. The molecule has 0 fully saturated rings. The molecule has 0 rings (SSSR count). The number of quaternary nitrogens is 1. The van der Waals surface area contributed by atoms with Crippen LogP contribution < -0.4 is 12.6 Å². The first-order valence-corrected chi connectivity index (χ1v) is 13.3. The Balaban J connectivity index is 0. The number of hydrogen-bond donors (Lipinski definition) is 0. The molecule has 0 atom stereocenters. The van der Waals surface area contributed by atoms with Gasteiger partial charge in [-0.05, 0) is 25.7 Å². The predicted octanol–water partition coefficient (Wildman–Crippen LogP) is 3.78. The summed E-state index contributed by atoms with van der Waals surface area (Å²) in [5.41, 5.74) is 0. The number of hydrogen-bond acceptors (Lipinski definition) is 3. The lowest BCUT2D eigenvalue weighted by molar-refractivity contribution is -1.73. The summed E-state index contributed by atoms with van der Waals surface area (Å²) >= 11 is -3.65. The van der Waals surface area contributed by atoms with Crippen molar-refractivity contribution in [2.24, 2.45) is 0 Å². The first-order valence-electron chi connectivity index (χ1n) is 11.4. The number of rotatable bonds is 18. The molecule has 0 aromatic carbocycles. The van der Waals surface area contributed by atoms with Gasteiger partial charge < -0.3 is 17.1 Å². The Morgan fingerprint density at radius 2 is 0.704 bits per heavy atom. The monoisotopic (exact) mass is 453 g/mol. The zero-order chi connectivity index (χ0) is 20.8. The summed E-state index contributed by atoms with van der Waals surface area (Å²) in [6, 6.07) is 0. The van der Waals surface area contributed by atoms with Gasteiger partial charge in [0.25, 0.3) is 0 Å². The lowest BCUT2D eigenvalue weighted by Crippen LogP contribution is -2.42. The van der Waals surface area contributed by atoms with Crippen molar-refractivity contribution in [3.63, 3.8) is 0 Å². The predicted molar refractivity (Wildman–Crippen MR) is 107 cm³/mol. The summed E-state index contributed by atoms with van der Waals surface area (Å²) in [7, 11) is 4.87. The molecular weight excluding hydrogens is 406 g/mol. The molecule has 0 heterocycles. The lowest BCUT2D eigenvalue weighted by atomic mass is 10.1. The van der Waals surface area contributed by atoms with Crippen LogP contribution in [0.1, 0.15) is 117 Å². The molecule has 5 heteroatoms. The minimum absolute atomic E-state index is 1.24. The van der Waals surface area contributed by atoms with Crippen LogP contribution in [-0.4, -0.2) is 31.7 Å². The van der Waals surface area contributed by atoms with Crippen LogP contribution in [0.15, 0.2) is 0 Å². The third-order valence-corrected chi connectivity index (χ3v) is 5.23. The Labute approximate surface area is 175 Å². The van der Waals surface area contributed by atoms with E-state index < -0.39 is 14.8 Å². The molecule has 0 amide bonds. The van der Waals surface area contributed by atoms with E-state index in [4.69, 9.17) is 12.6 Å². The third kappa shape index (κ3) is 31.2. The van der Waals surface area contributed by atoms with Gasteiger partial charge in [-0.1, -0.05) is 90.9 Å². The Morgan fingerprint density at radius 3 is 0.963 bits per heavy atom. The molecule has 0 radical (unpaired) electrons. The quantitative estimate of drug-likeness (QED) is 0.234. The van der Waals surface area contributed by atoms with Gasteiger partial charge in [0.15, 0.2) is 0 Å². The van der Waals surface area contributed by atoms with Crippen molar-refractivity contribution >= 4 is 0 Å². The molecule has 0 aliphatic rings. The molecular formula is C22H48BrNO3. The zero-order valence-electron chi connectivity index (χ0n) is 18.8. The number of nitrogens with zero attached hydrogens (tertiary/aromatic N) is 1. The summed E-state index contributed by atoms with van der Waals surface area (Å²) in [4.78, 5) is 0. The van der Waals surface area contributed by atoms with Gasteiger partial charge in [0.05, 0.1) is 27.2 Å². The lowest BCUT2D eigenvalue weighted by Gasteiger charge is -2.30. The van der Waals surface area contributed by atoms with E-state index in [1.807, 2.05) is 0 Å². The van der Waals surface area contributed by atoms with E-state index in [-0.39, 0.29) is 0 Å². The van der Waals surface area contributed by atoms with Crippen molar-refractivity contribution in [1.29, 1.82) is 0 Å². The van der Waals surface area contributed by atoms with Gasteiger partial charge in [0, 0.05) is 0 Å². The van der Waals surface area contributed by atoms with Gasteiger partial charge >= 0.3 is 0 Å². The molecule has 166 valence electrons. The van der Waals surface area contributed by atoms with E-state index in [0.29, 0.717) is 0 Å². The fourth-order valence-electron chi connectivity index (χ4n) is 3.46. The molecule has 0 bridgehead atoms. The van der Waals surface area contributed by atoms with Gasteiger partial charge in [0.2, 0.25) is 14.8 Å². The molecule has 0 aromatic rings. The minimum Gasteiger partial charge on any atom is -0.405 e. The molecule has 0 N–H and O–H groups in total. The van der Waals surface area contributed by atoms with Crippen LogP contribution in [0.2, 0.25) is 0 Å². The Bertz CT molecular complexity index is 252. The molecule has 0 spiro atoms. The maximum absolute atomic E-state index is 8.52. The van der Waals surface area contributed by atoms with Crippen molar-refractivity contribution in [2.75, 3.05) is 27.2 Å². The summed E-state index contributed by atoms with van der Waals surface area (Å²) in [5, 5.41) is 0. The zero-order valence-corrected chi connectivity index (χ0v) is 20.4. The topological polar surface area (TPSA) is 69.2 Å². The van der Waals surface area contributed by atoms with Gasteiger partial charge in [-0.3, -0.25) is 0 Å². The summed E-state index contributed by atoms with van der Waals surface area (Å²) in [5.74, 6) is 0. The second-order valence-corrected chi connectivity index (χ2v) is 9.31. The largest absolute Gasteiger partial charge is 0.405 e. The first-order chi connectivity index (χ1) is 12.9. The van der Waals surface area contributed by atoms with Crippen molar-refractivity contribution in [3.8, 4) is 0 Å². The molecule has 0 saturated carbocycles. The van der Waals surface area contributed by atoms with Crippen LogP contribution in [0.5, 0.6) is 0 Å². The normalized spacial score (nSPS) is 11.6. The van der Waals surface area contributed by atoms with Crippen LogP contribution in [0.25, 0.3) is 0 Å². The molecule has 0 aliphatic carbocycles. The van der Waals surface area contributed by atoms with Crippen LogP contribution in [0.4, 0.5) is 0 Å². The first kappa shape index (κ1) is 29.5. The fraction of sp³-hybridized carbons (Fsp3) is 1.00. The smallest absolute Gasteiger partial charge is 0.216 e. The van der Waals surface area contributed by atoms with E-state index in [1.54, 1.807) is 0 Å². The fourth-order valence-corrected chi connectivity index (χ4v) is 3.46. The van der Waals surface area contributed by atoms with Crippen LogP contribution in [-0.2, 0) is 0 Å². The van der Waals surface area contributed by atoms with Crippen molar-refractivity contribution in [1.82, 2.24) is 0 Å². The van der Waals surface area contributed by atoms with Crippen LogP contribution in [0, 0.1) is 14.8 Å². The molecule has 0 aromatic heterocycles. The van der Waals surface area contributed by atoms with Crippen molar-refractivity contribution < 1.29 is 31.9 Å². The van der Waals surface area contributed by atoms with E-state index in [2.05, 4.69) is 27.9 Å². The molecule has 27 heavy (non-hydrogen) atoms. The van der Waals surface area contributed by atoms with E-state index in [0.717, 1.165) is 0 Å².